The summed E-state index contributed by atoms with van der Waals surface area (Å²) in [6, 6.07) is 0. The van der Waals surface area contributed by atoms with Crippen molar-refractivity contribution in [2.75, 3.05) is 22.9 Å². The lowest BCUT2D eigenvalue weighted by Gasteiger charge is -2.22. The highest BCUT2D eigenvalue weighted by Gasteiger charge is 2.31. The summed E-state index contributed by atoms with van der Waals surface area (Å²) in [6.45, 7) is 6.88. The number of rotatable bonds is 4. The van der Waals surface area contributed by atoms with Crippen molar-refractivity contribution in [1.29, 1.82) is 0 Å². The minimum atomic E-state index is -1.90. The molecule has 1 aromatic rings. The molecule has 22 heavy (non-hydrogen) atoms. The van der Waals surface area contributed by atoms with Gasteiger partial charge in [0, 0.05) is 26.9 Å². The summed E-state index contributed by atoms with van der Waals surface area (Å²) < 4.78 is -1.90. The molecule has 2 amide bonds. The first-order chi connectivity index (χ1) is 10.1. The zero-order valence-electron chi connectivity index (χ0n) is 12.6. The molecule has 1 aromatic heterocycles. The fourth-order valence-corrected chi connectivity index (χ4v) is 1.99. The van der Waals surface area contributed by atoms with E-state index in [1.807, 2.05) is 0 Å². The van der Waals surface area contributed by atoms with Crippen LogP contribution in [-0.2, 0) is 13.4 Å². The molecule has 1 heterocycles. The summed E-state index contributed by atoms with van der Waals surface area (Å²) in [7, 11) is 0. The molecule has 0 N–H and O–H groups in total. The number of hydrogen-bond donors (Lipinski definition) is 0. The largest absolute Gasteiger partial charge is 0.281 e. The molecule has 10 heteroatoms. The second-order valence-electron chi connectivity index (χ2n) is 4.28. The molecule has 0 aliphatic rings. The molecule has 0 saturated carbocycles. The van der Waals surface area contributed by atoms with Gasteiger partial charge in [0.25, 0.3) is 0 Å². The minimum absolute atomic E-state index is 0.0287. The van der Waals surface area contributed by atoms with Crippen LogP contribution in [0.4, 0.5) is 11.9 Å². The lowest BCUT2D eigenvalue weighted by Crippen LogP contribution is -2.34. The van der Waals surface area contributed by atoms with E-state index in [-0.39, 0.29) is 29.5 Å². The lowest BCUT2D eigenvalue weighted by molar-refractivity contribution is -0.117. The van der Waals surface area contributed by atoms with Gasteiger partial charge in [0.15, 0.2) is 5.82 Å². The second-order valence-corrected chi connectivity index (χ2v) is 6.56. The van der Waals surface area contributed by atoms with Crippen LogP contribution < -0.4 is 9.80 Å². The number of hydrogen-bond acceptors (Lipinski definition) is 5. The molecule has 0 fully saturated rings. The molecule has 0 aliphatic heterocycles. The van der Waals surface area contributed by atoms with Crippen LogP contribution >= 0.6 is 34.8 Å². The van der Waals surface area contributed by atoms with E-state index in [0.717, 1.165) is 0 Å². The molecule has 0 unspecified atom stereocenters. The first-order valence-electron chi connectivity index (χ1n) is 6.51. The quantitative estimate of drug-likeness (QED) is 0.763. The Balaban J connectivity index is 3.52. The standard InChI is InChI=1S/C12H16Cl3N5O2/c1-5-19(7(3)21)10-16-9(12(13,14)15)17-11(18-10)20(6-2)8(4)22/h5-6H2,1-4H3. The fourth-order valence-electron chi connectivity index (χ4n) is 1.73. The Labute approximate surface area is 143 Å². The van der Waals surface area contributed by atoms with Gasteiger partial charge in [-0.1, -0.05) is 34.8 Å². The van der Waals surface area contributed by atoms with Crippen molar-refractivity contribution in [2.24, 2.45) is 0 Å². The van der Waals surface area contributed by atoms with Gasteiger partial charge in [-0.25, -0.2) is 0 Å². The third-order valence-electron chi connectivity index (χ3n) is 2.74. The van der Waals surface area contributed by atoms with Crippen molar-refractivity contribution in [3.63, 3.8) is 0 Å². The highest BCUT2D eigenvalue weighted by atomic mass is 35.6. The van der Waals surface area contributed by atoms with Crippen molar-refractivity contribution in [1.82, 2.24) is 15.0 Å². The zero-order chi connectivity index (χ0) is 17.1. The van der Waals surface area contributed by atoms with E-state index >= 15 is 0 Å². The highest BCUT2D eigenvalue weighted by molar-refractivity contribution is 6.66. The van der Waals surface area contributed by atoms with Crippen LogP contribution in [0.2, 0.25) is 0 Å². The molecule has 122 valence electrons. The number of halogens is 3. The number of aromatic nitrogens is 3. The minimum Gasteiger partial charge on any atom is -0.281 e. The zero-order valence-corrected chi connectivity index (χ0v) is 14.9. The first-order valence-corrected chi connectivity index (χ1v) is 7.64. The topological polar surface area (TPSA) is 79.3 Å². The monoisotopic (exact) mass is 367 g/mol. The highest BCUT2D eigenvalue weighted by Crippen LogP contribution is 2.37. The molecule has 0 aromatic carbocycles. The van der Waals surface area contributed by atoms with Crippen LogP contribution in [0, 0.1) is 0 Å². The van der Waals surface area contributed by atoms with Gasteiger partial charge in [0.2, 0.25) is 27.5 Å². The summed E-state index contributed by atoms with van der Waals surface area (Å²) in [6.07, 6.45) is 0. The number of carbonyl (C=O) groups is 2. The van der Waals surface area contributed by atoms with Crippen LogP contribution in [0.25, 0.3) is 0 Å². The van der Waals surface area contributed by atoms with Gasteiger partial charge in [-0.15, -0.1) is 0 Å². The molecular formula is C12H16Cl3N5O2. The molecule has 0 spiro atoms. The molecule has 0 radical (unpaired) electrons. The van der Waals surface area contributed by atoms with Gasteiger partial charge < -0.3 is 0 Å². The van der Waals surface area contributed by atoms with Gasteiger partial charge in [-0.05, 0) is 13.8 Å². The van der Waals surface area contributed by atoms with E-state index in [9.17, 15) is 9.59 Å². The van der Waals surface area contributed by atoms with Crippen molar-refractivity contribution in [2.45, 2.75) is 31.5 Å². The normalized spacial score (nSPS) is 11.2. The predicted octanol–water partition coefficient (Wildman–Crippen LogP) is 2.44. The molecular weight excluding hydrogens is 353 g/mol. The van der Waals surface area contributed by atoms with E-state index in [4.69, 9.17) is 34.8 Å². The van der Waals surface area contributed by atoms with E-state index < -0.39 is 3.79 Å². The Kier molecular flexibility index (Phi) is 6.34. The predicted molar refractivity (Wildman–Crippen MR) is 86.5 cm³/mol. The van der Waals surface area contributed by atoms with E-state index in [2.05, 4.69) is 15.0 Å². The first kappa shape index (κ1) is 18.9. The Bertz CT molecular complexity index is 536. The number of anilines is 2. The van der Waals surface area contributed by atoms with E-state index in [1.54, 1.807) is 13.8 Å². The number of alkyl halides is 3. The molecule has 0 atom stereocenters. The maximum Gasteiger partial charge on any atom is 0.250 e. The van der Waals surface area contributed by atoms with Crippen LogP contribution in [0.15, 0.2) is 0 Å². The molecule has 7 nitrogen and oxygen atoms in total. The Morgan fingerprint density at radius 3 is 1.50 bits per heavy atom. The smallest absolute Gasteiger partial charge is 0.250 e. The molecule has 0 bridgehead atoms. The van der Waals surface area contributed by atoms with Crippen molar-refractivity contribution in [3.8, 4) is 0 Å². The average Bonchev–Trinajstić information content (AvgIpc) is 2.38. The third kappa shape index (κ3) is 4.41. The van der Waals surface area contributed by atoms with E-state index in [0.29, 0.717) is 13.1 Å². The van der Waals surface area contributed by atoms with Gasteiger partial charge in [0.05, 0.1) is 0 Å². The SMILES string of the molecule is CCN(C(C)=O)c1nc(N(CC)C(C)=O)nc(C(Cl)(Cl)Cl)n1. The number of carbonyl (C=O) groups excluding carboxylic acids is 2. The van der Waals surface area contributed by atoms with Crippen molar-refractivity contribution >= 4 is 58.5 Å². The summed E-state index contributed by atoms with van der Waals surface area (Å²) in [5, 5.41) is 0. The van der Waals surface area contributed by atoms with E-state index in [1.165, 1.54) is 23.6 Å². The molecule has 0 saturated heterocycles. The summed E-state index contributed by atoms with van der Waals surface area (Å²) in [5.74, 6) is -0.652. The summed E-state index contributed by atoms with van der Waals surface area (Å²) in [4.78, 5) is 38.1. The fraction of sp³-hybridized carbons (Fsp3) is 0.583. The van der Waals surface area contributed by atoms with Crippen molar-refractivity contribution in [3.05, 3.63) is 5.82 Å². The van der Waals surface area contributed by atoms with Gasteiger partial charge >= 0.3 is 0 Å². The Hall–Kier alpha value is -1.18. The second kappa shape index (κ2) is 7.39. The number of nitrogens with zero attached hydrogens (tertiary/aromatic N) is 5. The third-order valence-corrected chi connectivity index (χ3v) is 3.25. The lowest BCUT2D eigenvalue weighted by atomic mass is 10.5. The maximum atomic E-state index is 11.7. The van der Waals surface area contributed by atoms with Crippen molar-refractivity contribution < 1.29 is 9.59 Å². The summed E-state index contributed by atoms with van der Waals surface area (Å²) >= 11 is 17.5. The molecule has 1 rings (SSSR count). The maximum absolute atomic E-state index is 11.7. The Morgan fingerprint density at radius 2 is 1.27 bits per heavy atom. The van der Waals surface area contributed by atoms with Crippen LogP contribution in [0.5, 0.6) is 0 Å². The van der Waals surface area contributed by atoms with Gasteiger partial charge in [-0.2, -0.15) is 15.0 Å². The summed E-state index contributed by atoms with van der Waals surface area (Å²) in [5.41, 5.74) is 0. The van der Waals surface area contributed by atoms with Crippen LogP contribution in [0.3, 0.4) is 0 Å². The van der Waals surface area contributed by atoms with Gasteiger partial charge in [-0.3, -0.25) is 19.4 Å². The average molecular weight is 369 g/mol. The van der Waals surface area contributed by atoms with Crippen LogP contribution in [-0.4, -0.2) is 39.9 Å². The van der Waals surface area contributed by atoms with Gasteiger partial charge in [0.1, 0.15) is 0 Å². The van der Waals surface area contributed by atoms with Crippen LogP contribution in [0.1, 0.15) is 33.5 Å². The molecule has 0 aliphatic carbocycles. The number of amides is 2. The Morgan fingerprint density at radius 1 is 0.909 bits per heavy atom.